The van der Waals surface area contributed by atoms with Crippen LogP contribution in [-0.2, 0) is 24.5 Å². The fraction of sp³-hybridized carbons (Fsp3) is 0.167. The quantitative estimate of drug-likeness (QED) is 0.572. The van der Waals surface area contributed by atoms with Gasteiger partial charge in [-0.1, -0.05) is 54.6 Å². The van der Waals surface area contributed by atoms with Gasteiger partial charge in [-0.2, -0.15) is 4.98 Å². The standard InChI is InChI=1S/C24H20N4O5/c1-2-32-21(30)17-18(13-8-4-3-5-9-13)28(12-16(25)29)22(31)24(17)15-11-7-6-10-14(15)19-20(24)27-23(26)33-19/h3-11H,2,12H2,1H3,(H2,25,29)(H2,26,27)/t24-/m1/s1. The number of anilines is 1. The lowest BCUT2D eigenvalue weighted by Crippen LogP contribution is -2.44. The number of nitrogens with two attached hydrogens (primary N) is 2. The number of oxazole rings is 1. The number of esters is 1. The minimum Gasteiger partial charge on any atom is -0.463 e. The Morgan fingerprint density at radius 2 is 1.82 bits per heavy atom. The van der Waals surface area contributed by atoms with Gasteiger partial charge in [-0.15, -0.1) is 0 Å². The van der Waals surface area contributed by atoms with Crippen molar-refractivity contribution in [3.05, 3.63) is 77.0 Å². The molecule has 1 aliphatic carbocycles. The average Bonchev–Trinajstić information content (AvgIpc) is 3.39. The van der Waals surface area contributed by atoms with Crippen molar-refractivity contribution >= 4 is 29.5 Å². The molecule has 0 saturated carbocycles. The normalized spacial score (nSPS) is 18.6. The number of nitrogens with zero attached hydrogens (tertiary/aromatic N) is 2. The second-order valence-corrected chi connectivity index (χ2v) is 7.69. The number of carbonyl (C=O) groups is 3. The molecular weight excluding hydrogens is 424 g/mol. The molecule has 2 amide bonds. The SMILES string of the molecule is CCOC(=O)C1=C(c2ccccc2)N(CC(N)=O)C(=O)[C@]12c1ccccc1-c1oc(N)nc12. The molecule has 1 spiro atoms. The summed E-state index contributed by atoms with van der Waals surface area (Å²) in [5, 5.41) is 0. The molecule has 1 aromatic heterocycles. The third-order valence-corrected chi connectivity index (χ3v) is 5.86. The number of ether oxygens (including phenoxy) is 1. The Kier molecular flexibility index (Phi) is 4.56. The van der Waals surface area contributed by atoms with Crippen molar-refractivity contribution in [1.82, 2.24) is 9.88 Å². The molecule has 166 valence electrons. The highest BCUT2D eigenvalue weighted by molar-refractivity contribution is 6.21. The maximum absolute atomic E-state index is 14.2. The number of benzene rings is 2. The average molecular weight is 444 g/mol. The Labute approximate surface area is 188 Å². The molecule has 9 nitrogen and oxygen atoms in total. The Morgan fingerprint density at radius 1 is 1.12 bits per heavy atom. The molecule has 0 bridgehead atoms. The Balaban J connectivity index is 1.93. The molecule has 9 heteroatoms. The summed E-state index contributed by atoms with van der Waals surface area (Å²) in [4.78, 5) is 45.3. The zero-order chi connectivity index (χ0) is 23.3. The molecule has 33 heavy (non-hydrogen) atoms. The molecule has 0 fully saturated rings. The number of nitrogen functional groups attached to an aromatic ring is 1. The van der Waals surface area contributed by atoms with Crippen LogP contribution in [0.4, 0.5) is 6.01 Å². The predicted molar refractivity (Wildman–Crippen MR) is 118 cm³/mol. The number of rotatable bonds is 5. The monoisotopic (exact) mass is 444 g/mol. The minimum atomic E-state index is -1.69. The molecule has 2 heterocycles. The summed E-state index contributed by atoms with van der Waals surface area (Å²) in [6.45, 7) is 1.33. The van der Waals surface area contributed by atoms with Gasteiger partial charge >= 0.3 is 5.97 Å². The van der Waals surface area contributed by atoms with E-state index in [1.165, 1.54) is 4.90 Å². The van der Waals surface area contributed by atoms with Crippen molar-refractivity contribution in [2.24, 2.45) is 5.73 Å². The first-order valence-corrected chi connectivity index (χ1v) is 10.4. The molecule has 0 radical (unpaired) electrons. The first-order chi connectivity index (χ1) is 15.9. The topological polar surface area (TPSA) is 142 Å². The molecule has 3 aromatic rings. The zero-order valence-electron chi connectivity index (χ0n) is 17.7. The Bertz CT molecular complexity index is 1340. The van der Waals surface area contributed by atoms with Crippen molar-refractivity contribution in [1.29, 1.82) is 0 Å². The number of hydrogen-bond donors (Lipinski definition) is 2. The first-order valence-electron chi connectivity index (χ1n) is 10.4. The van der Waals surface area contributed by atoms with Gasteiger partial charge in [0.15, 0.2) is 11.2 Å². The van der Waals surface area contributed by atoms with Gasteiger partial charge in [0.1, 0.15) is 12.2 Å². The number of hydrogen-bond acceptors (Lipinski definition) is 7. The molecular formula is C24H20N4O5. The van der Waals surface area contributed by atoms with Gasteiger partial charge in [0.05, 0.1) is 17.9 Å². The summed E-state index contributed by atoms with van der Waals surface area (Å²) in [7, 11) is 0. The maximum atomic E-state index is 14.2. The van der Waals surface area contributed by atoms with Crippen LogP contribution in [0.15, 0.2) is 64.6 Å². The van der Waals surface area contributed by atoms with Gasteiger partial charge in [-0.25, -0.2) is 4.79 Å². The van der Waals surface area contributed by atoms with Gasteiger partial charge in [-0.05, 0) is 18.1 Å². The van der Waals surface area contributed by atoms with E-state index < -0.39 is 29.7 Å². The summed E-state index contributed by atoms with van der Waals surface area (Å²) in [5.41, 5.74) is 11.8. The Morgan fingerprint density at radius 3 is 2.52 bits per heavy atom. The molecule has 1 aliphatic heterocycles. The van der Waals surface area contributed by atoms with E-state index in [1.54, 1.807) is 61.5 Å². The van der Waals surface area contributed by atoms with Crippen LogP contribution in [0.1, 0.15) is 23.7 Å². The van der Waals surface area contributed by atoms with Gasteiger partial charge in [0, 0.05) is 5.56 Å². The third kappa shape index (κ3) is 2.72. The molecule has 0 saturated heterocycles. The van der Waals surface area contributed by atoms with Crippen LogP contribution in [-0.4, -0.2) is 40.8 Å². The smallest absolute Gasteiger partial charge is 0.338 e. The van der Waals surface area contributed by atoms with E-state index in [0.717, 1.165) is 0 Å². The van der Waals surface area contributed by atoms with Crippen molar-refractivity contribution < 1.29 is 23.5 Å². The lowest BCUT2D eigenvalue weighted by Gasteiger charge is -2.26. The molecule has 4 N–H and O–H groups in total. The Hall–Kier alpha value is -4.40. The summed E-state index contributed by atoms with van der Waals surface area (Å²) in [6.07, 6.45) is 0. The fourth-order valence-electron chi connectivity index (χ4n) is 4.76. The van der Waals surface area contributed by atoms with E-state index in [2.05, 4.69) is 4.98 Å². The highest BCUT2D eigenvalue weighted by atomic mass is 16.5. The molecule has 5 rings (SSSR count). The summed E-state index contributed by atoms with van der Waals surface area (Å²) in [6, 6.07) is 15.7. The van der Waals surface area contributed by atoms with Crippen LogP contribution < -0.4 is 11.5 Å². The zero-order valence-corrected chi connectivity index (χ0v) is 17.7. The van der Waals surface area contributed by atoms with E-state index in [-0.39, 0.29) is 29.6 Å². The lowest BCUT2D eigenvalue weighted by molar-refractivity contribution is -0.140. The number of amides is 2. The third-order valence-electron chi connectivity index (χ3n) is 5.86. The van der Waals surface area contributed by atoms with Gasteiger partial charge in [-0.3, -0.25) is 9.59 Å². The van der Waals surface area contributed by atoms with Gasteiger partial charge in [0.2, 0.25) is 11.8 Å². The van der Waals surface area contributed by atoms with E-state index in [1.807, 2.05) is 0 Å². The summed E-state index contributed by atoms with van der Waals surface area (Å²) < 4.78 is 11.1. The minimum absolute atomic E-state index is 0.0429. The van der Waals surface area contributed by atoms with E-state index in [0.29, 0.717) is 22.5 Å². The van der Waals surface area contributed by atoms with Crippen LogP contribution in [0, 0.1) is 0 Å². The second kappa shape index (κ2) is 7.33. The summed E-state index contributed by atoms with van der Waals surface area (Å²) in [5.74, 6) is -1.70. The highest BCUT2D eigenvalue weighted by Crippen LogP contribution is 2.59. The van der Waals surface area contributed by atoms with E-state index >= 15 is 0 Å². The lowest BCUT2D eigenvalue weighted by atomic mass is 9.74. The number of primary amides is 1. The van der Waals surface area contributed by atoms with Crippen LogP contribution in [0.3, 0.4) is 0 Å². The maximum Gasteiger partial charge on any atom is 0.338 e. The van der Waals surface area contributed by atoms with Crippen molar-refractivity contribution in [3.63, 3.8) is 0 Å². The van der Waals surface area contributed by atoms with E-state index in [9.17, 15) is 14.4 Å². The van der Waals surface area contributed by atoms with Crippen LogP contribution in [0.5, 0.6) is 0 Å². The molecule has 2 aromatic carbocycles. The number of fused-ring (bicyclic) bond motifs is 5. The van der Waals surface area contributed by atoms with Crippen LogP contribution in [0.2, 0.25) is 0 Å². The fourth-order valence-corrected chi connectivity index (χ4v) is 4.76. The van der Waals surface area contributed by atoms with Gasteiger partial charge in [0.25, 0.3) is 6.01 Å². The molecule has 2 aliphatic rings. The number of aromatic nitrogens is 1. The second-order valence-electron chi connectivity index (χ2n) is 7.69. The summed E-state index contributed by atoms with van der Waals surface area (Å²) >= 11 is 0. The van der Waals surface area contributed by atoms with Gasteiger partial charge < -0.3 is 25.5 Å². The van der Waals surface area contributed by atoms with E-state index in [4.69, 9.17) is 20.6 Å². The van der Waals surface area contributed by atoms with Crippen LogP contribution >= 0.6 is 0 Å². The highest BCUT2D eigenvalue weighted by Gasteiger charge is 2.64. The first kappa shape index (κ1) is 20.5. The molecule has 0 unspecified atom stereocenters. The number of carbonyl (C=O) groups excluding carboxylic acids is 3. The molecule has 1 atom stereocenters. The predicted octanol–water partition coefficient (Wildman–Crippen LogP) is 1.83. The van der Waals surface area contributed by atoms with Crippen molar-refractivity contribution in [2.75, 3.05) is 18.9 Å². The van der Waals surface area contributed by atoms with Crippen molar-refractivity contribution in [3.8, 4) is 11.3 Å². The van der Waals surface area contributed by atoms with Crippen LogP contribution in [0.25, 0.3) is 17.0 Å². The van der Waals surface area contributed by atoms with Crippen molar-refractivity contribution in [2.45, 2.75) is 12.3 Å². The largest absolute Gasteiger partial charge is 0.463 e.